The van der Waals surface area contributed by atoms with Gasteiger partial charge >= 0.3 is 12.1 Å². The topological polar surface area (TPSA) is 78.9 Å². The standard InChI is InChI=1S/C23H34O6/c1-21(2)10-6-11-22(3)16(21)9-12-23(14-29-20(26)28-5)17(22)8-7-15(13-18(23)24)19(25)27-4/h7,16-17H,6,8-14H2,1-5H3/t16?,17-,22?,23+/m1/s1. The van der Waals surface area contributed by atoms with Gasteiger partial charge in [0.05, 0.1) is 19.6 Å². The Labute approximate surface area is 173 Å². The van der Waals surface area contributed by atoms with Crippen molar-refractivity contribution >= 4 is 17.9 Å². The van der Waals surface area contributed by atoms with Gasteiger partial charge in [-0.05, 0) is 54.8 Å². The van der Waals surface area contributed by atoms with E-state index in [4.69, 9.17) is 9.47 Å². The second kappa shape index (κ2) is 7.77. The van der Waals surface area contributed by atoms with Crippen molar-refractivity contribution in [2.75, 3.05) is 20.8 Å². The van der Waals surface area contributed by atoms with Crippen molar-refractivity contribution in [2.24, 2.45) is 28.1 Å². The molecule has 0 N–H and O–H groups in total. The fourth-order valence-electron chi connectivity index (χ4n) is 6.81. The summed E-state index contributed by atoms with van der Waals surface area (Å²) in [7, 11) is 2.61. The number of methoxy groups -OCH3 is 2. The van der Waals surface area contributed by atoms with Crippen LogP contribution in [0.2, 0.25) is 0 Å². The van der Waals surface area contributed by atoms with Gasteiger partial charge in [0.25, 0.3) is 0 Å². The van der Waals surface area contributed by atoms with Gasteiger partial charge in [0.1, 0.15) is 12.4 Å². The minimum atomic E-state index is -0.793. The van der Waals surface area contributed by atoms with Gasteiger partial charge in [-0.3, -0.25) is 4.79 Å². The zero-order valence-electron chi connectivity index (χ0n) is 18.3. The van der Waals surface area contributed by atoms with E-state index in [9.17, 15) is 14.4 Å². The Morgan fingerprint density at radius 1 is 1.07 bits per heavy atom. The maximum Gasteiger partial charge on any atom is 0.508 e. The van der Waals surface area contributed by atoms with Crippen molar-refractivity contribution in [1.82, 2.24) is 0 Å². The van der Waals surface area contributed by atoms with E-state index in [0.29, 0.717) is 24.3 Å². The van der Waals surface area contributed by atoms with E-state index in [1.165, 1.54) is 20.6 Å². The van der Waals surface area contributed by atoms with Crippen LogP contribution >= 0.6 is 0 Å². The molecule has 0 aliphatic heterocycles. The summed E-state index contributed by atoms with van der Waals surface area (Å²) < 4.78 is 15.0. The average molecular weight is 407 g/mol. The molecule has 3 aliphatic carbocycles. The van der Waals surface area contributed by atoms with Crippen LogP contribution in [-0.4, -0.2) is 38.7 Å². The number of hydrogen-bond acceptors (Lipinski definition) is 6. The lowest BCUT2D eigenvalue weighted by Gasteiger charge is -2.62. The summed E-state index contributed by atoms with van der Waals surface area (Å²) in [5.41, 5.74) is -0.234. The first-order valence-corrected chi connectivity index (χ1v) is 10.6. The lowest BCUT2D eigenvalue weighted by Crippen LogP contribution is -2.59. The van der Waals surface area contributed by atoms with Crippen LogP contribution in [0.1, 0.15) is 65.7 Å². The molecular formula is C23H34O6. The molecule has 0 radical (unpaired) electrons. The Kier molecular flexibility index (Phi) is 5.85. The molecule has 2 saturated carbocycles. The van der Waals surface area contributed by atoms with Crippen molar-refractivity contribution in [3.05, 3.63) is 11.6 Å². The fraction of sp³-hybridized carbons (Fsp3) is 0.783. The van der Waals surface area contributed by atoms with Gasteiger partial charge in [0.15, 0.2) is 0 Å². The van der Waals surface area contributed by atoms with Crippen LogP contribution < -0.4 is 0 Å². The summed E-state index contributed by atoms with van der Waals surface area (Å²) in [5.74, 6) is 0.0174. The number of hydrogen-bond donors (Lipinski definition) is 0. The molecule has 162 valence electrons. The van der Waals surface area contributed by atoms with E-state index in [-0.39, 0.29) is 35.6 Å². The monoisotopic (exact) mass is 406 g/mol. The number of ether oxygens (including phenoxy) is 3. The van der Waals surface area contributed by atoms with Crippen LogP contribution in [0.5, 0.6) is 0 Å². The first kappa shape index (κ1) is 21.8. The van der Waals surface area contributed by atoms with E-state index in [1.54, 1.807) is 0 Å². The number of Topliss-reactive ketones (excluding diaryl/α,β-unsaturated/α-hetero) is 1. The van der Waals surface area contributed by atoms with Crippen molar-refractivity contribution < 1.29 is 28.6 Å². The minimum Gasteiger partial charge on any atom is -0.466 e. The zero-order valence-corrected chi connectivity index (χ0v) is 18.3. The molecule has 0 amide bonds. The Morgan fingerprint density at radius 2 is 1.79 bits per heavy atom. The molecule has 0 aromatic heterocycles. The SMILES string of the molecule is COC(=O)OC[C@@]12CCC3C(C)(C)CCCC3(C)[C@H]1CC=C(C(=O)OC)CC2=O. The first-order valence-electron chi connectivity index (χ1n) is 10.6. The number of ketones is 1. The highest BCUT2D eigenvalue weighted by atomic mass is 16.7. The molecule has 0 heterocycles. The molecule has 0 bridgehead atoms. The molecule has 6 nitrogen and oxygen atoms in total. The normalized spacial score (nSPS) is 36.0. The predicted molar refractivity (Wildman–Crippen MR) is 107 cm³/mol. The molecule has 4 atom stereocenters. The van der Waals surface area contributed by atoms with E-state index < -0.39 is 17.5 Å². The molecule has 2 unspecified atom stereocenters. The fourth-order valence-corrected chi connectivity index (χ4v) is 6.81. The minimum absolute atomic E-state index is 0.00707. The summed E-state index contributed by atoms with van der Waals surface area (Å²) in [6.45, 7) is 6.98. The van der Waals surface area contributed by atoms with Gasteiger partial charge in [-0.25, -0.2) is 9.59 Å². The molecule has 3 rings (SSSR count). The van der Waals surface area contributed by atoms with Gasteiger partial charge in [-0.2, -0.15) is 0 Å². The third-order valence-electron chi connectivity index (χ3n) is 8.19. The second-order valence-corrected chi connectivity index (χ2v) is 9.95. The quantitative estimate of drug-likeness (QED) is 0.644. The third-order valence-corrected chi connectivity index (χ3v) is 8.19. The molecule has 0 saturated heterocycles. The van der Waals surface area contributed by atoms with Crippen LogP contribution in [-0.2, 0) is 23.8 Å². The summed E-state index contributed by atoms with van der Waals surface area (Å²) in [4.78, 5) is 37.6. The van der Waals surface area contributed by atoms with E-state index in [1.807, 2.05) is 6.08 Å². The van der Waals surface area contributed by atoms with Crippen LogP contribution in [0.4, 0.5) is 4.79 Å². The number of rotatable bonds is 3. The lowest BCUT2D eigenvalue weighted by atomic mass is 9.42. The maximum atomic E-state index is 13.6. The Balaban J connectivity index is 2.05. The molecular weight excluding hydrogens is 372 g/mol. The summed E-state index contributed by atoms with van der Waals surface area (Å²) in [6, 6.07) is 0. The maximum absolute atomic E-state index is 13.6. The van der Waals surface area contributed by atoms with Crippen molar-refractivity contribution in [3.63, 3.8) is 0 Å². The number of carbonyl (C=O) groups excluding carboxylic acids is 3. The molecule has 0 aromatic carbocycles. The van der Waals surface area contributed by atoms with E-state index >= 15 is 0 Å². The van der Waals surface area contributed by atoms with Gasteiger partial charge in [-0.15, -0.1) is 0 Å². The Hall–Kier alpha value is -1.85. The third kappa shape index (κ3) is 3.59. The van der Waals surface area contributed by atoms with Crippen molar-refractivity contribution in [2.45, 2.75) is 65.7 Å². The van der Waals surface area contributed by atoms with Gasteiger partial charge in [0.2, 0.25) is 0 Å². The van der Waals surface area contributed by atoms with Gasteiger partial charge in [-0.1, -0.05) is 33.3 Å². The first-order chi connectivity index (χ1) is 13.6. The average Bonchev–Trinajstić information content (AvgIpc) is 2.82. The summed E-state index contributed by atoms with van der Waals surface area (Å²) in [6.07, 6.45) is 6.69. The predicted octanol–water partition coefficient (Wildman–Crippen LogP) is 4.46. The smallest absolute Gasteiger partial charge is 0.466 e. The number of esters is 1. The molecule has 6 heteroatoms. The number of carbonyl (C=O) groups is 3. The number of allylic oxidation sites excluding steroid dienone is 1. The zero-order chi connectivity index (χ0) is 21.4. The number of fused-ring (bicyclic) bond motifs is 3. The highest BCUT2D eigenvalue weighted by Gasteiger charge is 2.62. The molecule has 3 aliphatic rings. The van der Waals surface area contributed by atoms with E-state index in [0.717, 1.165) is 19.3 Å². The van der Waals surface area contributed by atoms with Gasteiger partial charge < -0.3 is 14.2 Å². The molecule has 2 fully saturated rings. The summed E-state index contributed by atoms with van der Waals surface area (Å²) in [5, 5.41) is 0. The lowest BCUT2D eigenvalue weighted by molar-refractivity contribution is -0.167. The van der Waals surface area contributed by atoms with Crippen LogP contribution in [0.25, 0.3) is 0 Å². The summed E-state index contributed by atoms with van der Waals surface area (Å²) >= 11 is 0. The highest BCUT2D eigenvalue weighted by molar-refractivity contribution is 5.98. The molecule has 29 heavy (non-hydrogen) atoms. The van der Waals surface area contributed by atoms with Crippen molar-refractivity contribution in [3.8, 4) is 0 Å². The second-order valence-electron chi connectivity index (χ2n) is 9.95. The van der Waals surface area contributed by atoms with Crippen LogP contribution in [0.3, 0.4) is 0 Å². The Bertz CT molecular complexity index is 723. The van der Waals surface area contributed by atoms with E-state index in [2.05, 4.69) is 25.5 Å². The Morgan fingerprint density at radius 3 is 2.45 bits per heavy atom. The largest absolute Gasteiger partial charge is 0.508 e. The van der Waals surface area contributed by atoms with Gasteiger partial charge in [0, 0.05) is 12.0 Å². The molecule has 0 aromatic rings. The van der Waals surface area contributed by atoms with Crippen LogP contribution in [0, 0.1) is 28.1 Å². The molecule has 0 spiro atoms. The van der Waals surface area contributed by atoms with Crippen molar-refractivity contribution in [1.29, 1.82) is 0 Å². The van der Waals surface area contributed by atoms with Crippen LogP contribution in [0.15, 0.2) is 11.6 Å². The highest BCUT2D eigenvalue weighted by Crippen LogP contribution is 2.66.